The Morgan fingerprint density at radius 1 is 1.06 bits per heavy atom. The molecule has 5 aliphatic rings. The molecule has 0 radical (unpaired) electrons. The van der Waals surface area contributed by atoms with E-state index >= 15 is 0 Å². The molecule has 7 heteroatoms. The van der Waals surface area contributed by atoms with Crippen LogP contribution in [0.2, 0.25) is 0 Å². The first kappa shape index (κ1) is 23.3. The van der Waals surface area contributed by atoms with Crippen molar-refractivity contribution in [3.8, 4) is 0 Å². The van der Waals surface area contributed by atoms with Gasteiger partial charge in [-0.15, -0.1) is 0 Å². The molecule has 0 aromatic carbocycles. The molecule has 9 atom stereocenters. The van der Waals surface area contributed by atoms with Crippen LogP contribution in [0.25, 0.3) is 0 Å². The van der Waals surface area contributed by atoms with E-state index in [1.807, 2.05) is 6.07 Å². The molecule has 190 valence electrons. The first-order valence-electron chi connectivity index (χ1n) is 12.9. The van der Waals surface area contributed by atoms with Gasteiger partial charge in [0.1, 0.15) is 23.6 Å². The lowest BCUT2D eigenvalue weighted by atomic mass is 9.34. The molecule has 5 fully saturated rings. The van der Waals surface area contributed by atoms with Crippen LogP contribution in [0.4, 0.5) is 0 Å². The van der Waals surface area contributed by atoms with Crippen molar-refractivity contribution in [3.63, 3.8) is 0 Å². The van der Waals surface area contributed by atoms with Gasteiger partial charge in [-0.2, -0.15) is 0 Å². The van der Waals surface area contributed by atoms with Crippen molar-refractivity contribution in [2.45, 2.75) is 97.6 Å². The fourth-order valence-electron chi connectivity index (χ4n) is 9.61. The van der Waals surface area contributed by atoms with Gasteiger partial charge in [0.2, 0.25) is 0 Å². The fourth-order valence-corrected chi connectivity index (χ4v) is 9.61. The van der Waals surface area contributed by atoms with Crippen LogP contribution >= 0.6 is 0 Å². The lowest BCUT2D eigenvalue weighted by Crippen LogP contribution is -2.74. The summed E-state index contributed by atoms with van der Waals surface area (Å²) in [6.07, 6.45) is 4.96. The van der Waals surface area contributed by atoms with Gasteiger partial charge in [0, 0.05) is 35.2 Å². The standard InChI is InChI=1S/C28H36O7/c1-15(29)33-20-13-18-24(2,3)10-8-19(30)26(18,5)17-7-11-25(4)21(16-9-12-32-14-16)34-23(31)22-28(25,35-22)27(17,20)6/h9,12,14,17-18,20-22H,7-8,10-11,13H2,1-6H3/t17?,18?,20?,21?,22?,25-,26-,27-,28?/m0/s1. The van der Waals surface area contributed by atoms with E-state index in [1.165, 1.54) is 6.92 Å². The Morgan fingerprint density at radius 3 is 2.46 bits per heavy atom. The van der Waals surface area contributed by atoms with Crippen LogP contribution in [0.15, 0.2) is 23.0 Å². The van der Waals surface area contributed by atoms with E-state index in [9.17, 15) is 14.4 Å². The molecule has 35 heavy (non-hydrogen) atoms. The van der Waals surface area contributed by atoms with Gasteiger partial charge < -0.3 is 18.6 Å². The highest BCUT2D eigenvalue weighted by Crippen LogP contribution is 2.80. The van der Waals surface area contributed by atoms with E-state index in [-0.39, 0.29) is 29.2 Å². The number of carbonyl (C=O) groups is 3. The van der Waals surface area contributed by atoms with Gasteiger partial charge >= 0.3 is 11.9 Å². The van der Waals surface area contributed by atoms with Crippen LogP contribution in [-0.2, 0) is 28.6 Å². The van der Waals surface area contributed by atoms with Crippen molar-refractivity contribution in [1.82, 2.24) is 0 Å². The molecule has 0 amide bonds. The second-order valence-electron chi connectivity index (χ2n) is 13.0. The van der Waals surface area contributed by atoms with Crippen LogP contribution in [0.5, 0.6) is 0 Å². The van der Waals surface area contributed by atoms with E-state index in [2.05, 4.69) is 34.6 Å². The second kappa shape index (κ2) is 6.78. The Balaban J connectivity index is 1.55. The Kier molecular flexibility index (Phi) is 4.51. The maximum Gasteiger partial charge on any atom is 0.339 e. The van der Waals surface area contributed by atoms with Gasteiger partial charge in [-0.1, -0.05) is 34.6 Å². The predicted molar refractivity (Wildman–Crippen MR) is 124 cm³/mol. The first-order valence-corrected chi connectivity index (χ1v) is 12.9. The van der Waals surface area contributed by atoms with Crippen LogP contribution in [0.3, 0.4) is 0 Å². The monoisotopic (exact) mass is 484 g/mol. The van der Waals surface area contributed by atoms with Gasteiger partial charge in [-0.3, -0.25) is 9.59 Å². The number of Topliss-reactive ketones (excluding diaryl/α,β-unsaturated/α-hetero) is 1. The molecule has 3 heterocycles. The second-order valence-corrected chi connectivity index (χ2v) is 13.0. The van der Waals surface area contributed by atoms with Gasteiger partial charge in [-0.05, 0) is 49.0 Å². The summed E-state index contributed by atoms with van der Waals surface area (Å²) in [5.41, 5.74) is -2.02. The van der Waals surface area contributed by atoms with Gasteiger partial charge in [-0.25, -0.2) is 4.79 Å². The lowest BCUT2D eigenvalue weighted by molar-refractivity contribution is -0.259. The van der Waals surface area contributed by atoms with E-state index in [0.717, 1.165) is 24.8 Å². The molecule has 0 N–H and O–H groups in total. The quantitative estimate of drug-likeness (QED) is 0.440. The summed E-state index contributed by atoms with van der Waals surface area (Å²) in [5, 5.41) is 0. The maximum absolute atomic E-state index is 13.8. The molecule has 0 bridgehead atoms. The molecule has 1 aromatic rings. The average molecular weight is 485 g/mol. The van der Waals surface area contributed by atoms with Crippen LogP contribution in [-0.4, -0.2) is 35.5 Å². The number of carbonyl (C=O) groups excluding carboxylic acids is 3. The zero-order chi connectivity index (χ0) is 25.2. The molecule has 3 saturated carbocycles. The Labute approximate surface area is 206 Å². The number of rotatable bonds is 2. The van der Waals surface area contributed by atoms with Crippen molar-refractivity contribution in [3.05, 3.63) is 24.2 Å². The van der Waals surface area contributed by atoms with E-state index in [4.69, 9.17) is 18.6 Å². The summed E-state index contributed by atoms with van der Waals surface area (Å²) in [6, 6.07) is 1.84. The minimum absolute atomic E-state index is 0.0601. The highest BCUT2D eigenvalue weighted by Gasteiger charge is 2.88. The van der Waals surface area contributed by atoms with Crippen molar-refractivity contribution >= 4 is 17.7 Å². The Hall–Kier alpha value is -2.15. The van der Waals surface area contributed by atoms with Crippen molar-refractivity contribution in [2.75, 3.05) is 0 Å². The lowest BCUT2D eigenvalue weighted by Gasteiger charge is -2.69. The van der Waals surface area contributed by atoms with Crippen molar-refractivity contribution in [1.29, 1.82) is 0 Å². The largest absolute Gasteiger partial charge is 0.472 e. The topological polar surface area (TPSA) is 95.3 Å². The van der Waals surface area contributed by atoms with E-state index < -0.39 is 40.2 Å². The molecule has 3 aliphatic carbocycles. The number of cyclic esters (lactones) is 1. The fraction of sp³-hybridized carbons (Fsp3) is 0.750. The summed E-state index contributed by atoms with van der Waals surface area (Å²) >= 11 is 0. The molecular weight excluding hydrogens is 448 g/mol. The Morgan fingerprint density at radius 2 is 1.80 bits per heavy atom. The molecular formula is C28H36O7. The number of furan rings is 1. The number of ketones is 1. The molecule has 1 spiro atoms. The molecule has 1 aromatic heterocycles. The number of esters is 2. The molecule has 6 unspecified atom stereocenters. The van der Waals surface area contributed by atoms with Crippen LogP contribution < -0.4 is 0 Å². The molecule has 7 nitrogen and oxygen atoms in total. The Bertz CT molecular complexity index is 1110. The zero-order valence-corrected chi connectivity index (χ0v) is 21.5. The summed E-state index contributed by atoms with van der Waals surface area (Å²) in [6.45, 7) is 12.3. The van der Waals surface area contributed by atoms with Crippen molar-refractivity contribution in [2.24, 2.45) is 33.5 Å². The summed E-state index contributed by atoms with van der Waals surface area (Å²) in [7, 11) is 0. The summed E-state index contributed by atoms with van der Waals surface area (Å²) < 4.78 is 24.0. The third kappa shape index (κ3) is 2.53. The van der Waals surface area contributed by atoms with Crippen LogP contribution in [0.1, 0.15) is 85.3 Å². The van der Waals surface area contributed by atoms with Crippen LogP contribution in [0, 0.1) is 33.5 Å². The number of hydrogen-bond acceptors (Lipinski definition) is 7. The molecule has 2 saturated heterocycles. The SMILES string of the molecule is CC(=O)OC1CC2C(C)(C)CCC(=O)[C@@]2(C)C2CC[C@@]3(C)C(c4ccoc4)OC(=O)C4OC43[C@]12C. The van der Waals surface area contributed by atoms with E-state index in [1.54, 1.807) is 12.5 Å². The summed E-state index contributed by atoms with van der Waals surface area (Å²) in [4.78, 5) is 39.5. The normalized spacial score (nSPS) is 49.6. The third-order valence-electron chi connectivity index (χ3n) is 11.2. The first-order chi connectivity index (χ1) is 16.3. The zero-order valence-electron chi connectivity index (χ0n) is 21.5. The van der Waals surface area contributed by atoms with Gasteiger partial charge in [0.15, 0.2) is 6.10 Å². The third-order valence-corrected chi connectivity index (χ3v) is 11.2. The van der Waals surface area contributed by atoms with E-state index in [0.29, 0.717) is 18.6 Å². The number of ether oxygens (including phenoxy) is 3. The summed E-state index contributed by atoms with van der Waals surface area (Å²) in [5.74, 6) is -0.443. The van der Waals surface area contributed by atoms with Gasteiger partial charge in [0.25, 0.3) is 0 Å². The average Bonchev–Trinajstić information content (AvgIpc) is 3.35. The predicted octanol–water partition coefficient (Wildman–Crippen LogP) is 4.78. The number of fused-ring (bicyclic) bond motifs is 3. The number of hydrogen-bond donors (Lipinski definition) is 0. The molecule has 6 rings (SSSR count). The van der Waals surface area contributed by atoms with Crippen molar-refractivity contribution < 1.29 is 33.0 Å². The smallest absolute Gasteiger partial charge is 0.339 e. The minimum Gasteiger partial charge on any atom is -0.472 e. The minimum atomic E-state index is -0.893. The van der Waals surface area contributed by atoms with Gasteiger partial charge in [0.05, 0.1) is 12.5 Å². The molecule has 2 aliphatic heterocycles. The number of epoxide rings is 1. The highest BCUT2D eigenvalue weighted by molar-refractivity contribution is 5.87. The highest BCUT2D eigenvalue weighted by atomic mass is 16.7. The maximum atomic E-state index is 13.8.